The first kappa shape index (κ1) is 15.4. The number of hydrogen-bond donors (Lipinski definition) is 1. The van der Waals surface area contributed by atoms with E-state index in [9.17, 15) is 0 Å². The third-order valence-corrected chi connectivity index (χ3v) is 3.58. The van der Waals surface area contributed by atoms with Crippen molar-refractivity contribution < 1.29 is 9.47 Å². The molecule has 0 aromatic heterocycles. The molecule has 0 saturated carbocycles. The molecule has 0 heterocycles. The van der Waals surface area contributed by atoms with Gasteiger partial charge in [-0.25, -0.2) is 0 Å². The number of rotatable bonds is 8. The van der Waals surface area contributed by atoms with Crippen LogP contribution in [0.3, 0.4) is 0 Å². The minimum atomic E-state index is 0.320. The van der Waals surface area contributed by atoms with Gasteiger partial charge in [0.2, 0.25) is 0 Å². The Balaban J connectivity index is 1.99. The molecule has 2 aromatic rings. The lowest BCUT2D eigenvalue weighted by Crippen LogP contribution is -2.20. The van der Waals surface area contributed by atoms with Crippen LogP contribution in [-0.2, 0) is 4.74 Å². The van der Waals surface area contributed by atoms with Crippen molar-refractivity contribution in [3.05, 3.63) is 54.8 Å². The topological polar surface area (TPSA) is 30.5 Å². The van der Waals surface area contributed by atoms with E-state index < -0.39 is 0 Å². The first-order chi connectivity index (χ1) is 10.2. The highest BCUT2D eigenvalue weighted by Crippen LogP contribution is 2.24. The van der Waals surface area contributed by atoms with Crippen molar-refractivity contribution in [2.24, 2.45) is 0 Å². The van der Waals surface area contributed by atoms with Gasteiger partial charge in [0.05, 0.1) is 20.0 Å². The van der Waals surface area contributed by atoms with Gasteiger partial charge in [-0.15, -0.1) is 0 Å². The van der Waals surface area contributed by atoms with Crippen LogP contribution in [0, 0.1) is 0 Å². The van der Waals surface area contributed by atoms with Crippen LogP contribution < -0.4 is 10.1 Å². The quantitative estimate of drug-likeness (QED) is 0.586. The van der Waals surface area contributed by atoms with Crippen molar-refractivity contribution >= 4 is 10.8 Å². The summed E-state index contributed by atoms with van der Waals surface area (Å²) in [6, 6.07) is 13.0. The lowest BCUT2D eigenvalue weighted by atomic mass is 10.0. The Morgan fingerprint density at radius 3 is 2.71 bits per heavy atom. The highest BCUT2D eigenvalue weighted by molar-refractivity contribution is 5.84. The van der Waals surface area contributed by atoms with E-state index in [1.54, 1.807) is 7.11 Å². The van der Waals surface area contributed by atoms with Crippen molar-refractivity contribution in [1.82, 2.24) is 5.32 Å². The molecule has 0 saturated heterocycles. The number of benzene rings is 2. The first-order valence-electron chi connectivity index (χ1n) is 7.28. The highest BCUT2D eigenvalue weighted by atomic mass is 16.5. The molecule has 3 nitrogen and oxygen atoms in total. The van der Waals surface area contributed by atoms with Crippen LogP contribution in [0.1, 0.15) is 24.9 Å². The molecule has 0 amide bonds. The van der Waals surface area contributed by atoms with Gasteiger partial charge in [0.15, 0.2) is 0 Å². The summed E-state index contributed by atoms with van der Waals surface area (Å²) < 4.78 is 10.4. The molecule has 0 spiro atoms. The molecule has 2 aromatic carbocycles. The van der Waals surface area contributed by atoms with Crippen LogP contribution in [0.5, 0.6) is 5.75 Å². The monoisotopic (exact) mass is 285 g/mol. The van der Waals surface area contributed by atoms with Gasteiger partial charge in [-0.2, -0.15) is 0 Å². The molecule has 112 valence electrons. The molecule has 0 aliphatic carbocycles. The van der Waals surface area contributed by atoms with Gasteiger partial charge < -0.3 is 14.8 Å². The van der Waals surface area contributed by atoms with Gasteiger partial charge in [-0.05, 0) is 54.4 Å². The average Bonchev–Trinajstić information content (AvgIpc) is 2.53. The zero-order valence-corrected chi connectivity index (χ0v) is 12.8. The maximum absolute atomic E-state index is 5.25. The number of ether oxygens (including phenoxy) is 2. The van der Waals surface area contributed by atoms with Gasteiger partial charge in [-0.3, -0.25) is 0 Å². The van der Waals surface area contributed by atoms with Crippen molar-refractivity contribution in [1.29, 1.82) is 0 Å². The zero-order chi connectivity index (χ0) is 15.1. The van der Waals surface area contributed by atoms with Crippen LogP contribution in [-0.4, -0.2) is 20.3 Å². The second-order valence-corrected chi connectivity index (χ2v) is 5.04. The summed E-state index contributed by atoms with van der Waals surface area (Å²) in [5.41, 5.74) is 1.29. The Morgan fingerprint density at radius 2 is 1.95 bits per heavy atom. The molecule has 0 radical (unpaired) electrons. The maximum Gasteiger partial charge on any atom is 0.119 e. The molecule has 1 N–H and O–H groups in total. The molecule has 0 fully saturated rings. The van der Waals surface area contributed by atoms with Crippen molar-refractivity contribution in [2.75, 3.05) is 20.3 Å². The molecule has 1 unspecified atom stereocenters. The van der Waals surface area contributed by atoms with E-state index in [0.29, 0.717) is 12.6 Å². The van der Waals surface area contributed by atoms with E-state index in [2.05, 4.69) is 49.2 Å². The fourth-order valence-electron chi connectivity index (χ4n) is 2.31. The summed E-state index contributed by atoms with van der Waals surface area (Å²) in [5.74, 6) is 0.892. The van der Waals surface area contributed by atoms with E-state index in [1.165, 1.54) is 22.6 Å². The van der Waals surface area contributed by atoms with Crippen LogP contribution >= 0.6 is 0 Å². The Morgan fingerprint density at radius 1 is 1.19 bits per heavy atom. The summed E-state index contributed by atoms with van der Waals surface area (Å²) >= 11 is 0. The fraction of sp³-hybridized carbons (Fsp3) is 0.333. The van der Waals surface area contributed by atoms with Crippen LogP contribution in [0.4, 0.5) is 0 Å². The summed E-state index contributed by atoms with van der Waals surface area (Å²) in [6.45, 7) is 7.35. The van der Waals surface area contributed by atoms with E-state index in [4.69, 9.17) is 9.47 Å². The van der Waals surface area contributed by atoms with Crippen LogP contribution in [0.15, 0.2) is 49.2 Å². The second-order valence-electron chi connectivity index (χ2n) is 5.04. The third-order valence-electron chi connectivity index (χ3n) is 3.58. The van der Waals surface area contributed by atoms with Gasteiger partial charge in [-0.1, -0.05) is 24.8 Å². The van der Waals surface area contributed by atoms with E-state index in [0.717, 1.165) is 18.7 Å². The average molecular weight is 285 g/mol. The molecule has 3 heteroatoms. The lowest BCUT2D eigenvalue weighted by molar-refractivity contribution is 0.243. The molecule has 2 rings (SSSR count). The lowest BCUT2D eigenvalue weighted by Gasteiger charge is -2.15. The minimum absolute atomic E-state index is 0.320. The fourth-order valence-corrected chi connectivity index (χ4v) is 2.31. The van der Waals surface area contributed by atoms with Crippen molar-refractivity contribution in [3.8, 4) is 5.75 Å². The van der Waals surface area contributed by atoms with E-state index >= 15 is 0 Å². The molecule has 21 heavy (non-hydrogen) atoms. The predicted octanol–water partition coefficient (Wildman–Crippen LogP) is 4.05. The maximum atomic E-state index is 5.25. The van der Waals surface area contributed by atoms with Gasteiger partial charge in [0, 0.05) is 6.04 Å². The number of fused-ring (bicyclic) bond motifs is 1. The van der Waals surface area contributed by atoms with Gasteiger partial charge in [0.25, 0.3) is 0 Å². The van der Waals surface area contributed by atoms with Crippen LogP contribution in [0.2, 0.25) is 0 Å². The molecule has 0 bridgehead atoms. The third kappa shape index (κ3) is 4.23. The van der Waals surface area contributed by atoms with Crippen LogP contribution in [0.25, 0.3) is 10.8 Å². The number of hydrogen-bond acceptors (Lipinski definition) is 3. The second kappa shape index (κ2) is 7.70. The number of methoxy groups -OCH3 is 1. The molecular formula is C18H23NO2. The number of nitrogens with one attached hydrogen (secondary N) is 1. The van der Waals surface area contributed by atoms with E-state index in [1.807, 2.05) is 6.07 Å². The minimum Gasteiger partial charge on any atom is -0.502 e. The molecule has 0 aliphatic heterocycles. The summed E-state index contributed by atoms with van der Waals surface area (Å²) in [7, 11) is 1.69. The summed E-state index contributed by atoms with van der Waals surface area (Å²) in [6.07, 6.45) is 2.46. The Kier molecular flexibility index (Phi) is 5.64. The van der Waals surface area contributed by atoms with Gasteiger partial charge >= 0.3 is 0 Å². The molecule has 0 aliphatic rings. The largest absolute Gasteiger partial charge is 0.502 e. The Labute approximate surface area is 126 Å². The molecular weight excluding hydrogens is 262 g/mol. The van der Waals surface area contributed by atoms with Crippen molar-refractivity contribution in [2.45, 2.75) is 19.4 Å². The predicted molar refractivity (Wildman–Crippen MR) is 87.7 cm³/mol. The summed E-state index contributed by atoms with van der Waals surface area (Å²) in [5, 5.41) is 5.94. The molecule has 1 atom stereocenters. The highest BCUT2D eigenvalue weighted by Gasteiger charge is 2.06. The van der Waals surface area contributed by atoms with Crippen molar-refractivity contribution in [3.63, 3.8) is 0 Å². The smallest absolute Gasteiger partial charge is 0.119 e. The summed E-state index contributed by atoms with van der Waals surface area (Å²) in [4.78, 5) is 0. The Bertz CT molecular complexity index is 595. The Hall–Kier alpha value is -2.00. The van der Waals surface area contributed by atoms with E-state index in [-0.39, 0.29) is 0 Å². The SMILES string of the molecule is C=COCCCNC(C)c1ccc2cc(OC)ccc2c1. The normalized spacial score (nSPS) is 12.1. The standard InChI is InChI=1S/C18H23NO2/c1-4-21-11-5-10-19-14(2)15-6-7-17-13-18(20-3)9-8-16(17)12-15/h4,6-9,12-14,19H,1,5,10-11H2,2-3H3. The van der Waals surface area contributed by atoms with Gasteiger partial charge in [0.1, 0.15) is 5.75 Å². The first-order valence-corrected chi connectivity index (χ1v) is 7.28. The zero-order valence-electron chi connectivity index (χ0n) is 12.8.